The fourth-order valence-corrected chi connectivity index (χ4v) is 5.35. The van der Waals surface area contributed by atoms with Gasteiger partial charge in [-0.05, 0) is 32.1 Å². The highest BCUT2D eigenvalue weighted by Gasteiger charge is 2.27. The molecule has 0 aliphatic rings. The van der Waals surface area contributed by atoms with Crippen LogP contribution in [0.3, 0.4) is 0 Å². The summed E-state index contributed by atoms with van der Waals surface area (Å²) < 4.78 is 21.9. The van der Waals surface area contributed by atoms with Crippen molar-refractivity contribution in [1.29, 1.82) is 0 Å². The van der Waals surface area contributed by atoms with Crippen LogP contribution in [0.2, 0.25) is 0 Å². The molecule has 0 fully saturated rings. The number of aliphatic hydroxyl groups excluding tert-OH is 1. The number of unbranched alkanes of at least 4 members (excludes halogenated alkanes) is 16. The molecule has 9 heteroatoms. The number of phosphoric acid groups is 1. The zero-order chi connectivity index (χ0) is 29.7. The highest BCUT2D eigenvalue weighted by atomic mass is 31.2. The summed E-state index contributed by atoms with van der Waals surface area (Å²) in [7, 11) is -4.30. The Hall–Kier alpha value is -0.760. The number of carbonyl (C=O) groups excluding carboxylic acids is 1. The minimum absolute atomic E-state index is 0.0884. The maximum absolute atomic E-state index is 12.6. The predicted octanol–water partition coefficient (Wildman–Crippen LogP) is 7.71. The summed E-state index contributed by atoms with van der Waals surface area (Å²) in [5, 5.41) is 13.6. The molecule has 0 saturated carbocycles. The van der Waals surface area contributed by atoms with Gasteiger partial charge in [0.2, 0.25) is 5.91 Å². The SMILES string of the molecule is CCCC/C=C\CCCCCCCC(=O)NC(COP(=O)(O)OCCN)C(O)CCCCCCCCCCCC. The lowest BCUT2D eigenvalue weighted by molar-refractivity contribution is -0.123. The molecular formula is C31H63N2O6P. The fourth-order valence-electron chi connectivity index (χ4n) is 4.59. The molecule has 0 radical (unpaired) electrons. The van der Waals surface area contributed by atoms with Gasteiger partial charge in [-0.15, -0.1) is 0 Å². The van der Waals surface area contributed by atoms with Gasteiger partial charge in [-0.3, -0.25) is 13.8 Å². The first-order chi connectivity index (χ1) is 19.4. The smallest absolute Gasteiger partial charge is 0.391 e. The normalized spacial score (nSPS) is 14.8. The van der Waals surface area contributed by atoms with E-state index in [0.29, 0.717) is 12.8 Å². The molecule has 0 heterocycles. The van der Waals surface area contributed by atoms with Crippen molar-refractivity contribution in [2.24, 2.45) is 5.73 Å². The van der Waals surface area contributed by atoms with Crippen LogP contribution in [-0.2, 0) is 18.4 Å². The Morgan fingerprint density at radius 1 is 0.800 bits per heavy atom. The van der Waals surface area contributed by atoms with E-state index in [9.17, 15) is 19.4 Å². The molecule has 3 unspecified atom stereocenters. The molecule has 0 saturated heterocycles. The van der Waals surface area contributed by atoms with E-state index in [0.717, 1.165) is 51.4 Å². The molecule has 1 amide bonds. The minimum Gasteiger partial charge on any atom is -0.391 e. The van der Waals surface area contributed by atoms with Crippen molar-refractivity contribution in [3.05, 3.63) is 12.2 Å². The third-order valence-corrected chi connectivity index (χ3v) is 8.10. The Labute approximate surface area is 245 Å². The van der Waals surface area contributed by atoms with Gasteiger partial charge in [-0.1, -0.05) is 122 Å². The van der Waals surface area contributed by atoms with Gasteiger partial charge in [0.25, 0.3) is 0 Å². The maximum atomic E-state index is 12.6. The number of nitrogens with two attached hydrogens (primary N) is 1. The van der Waals surface area contributed by atoms with E-state index in [1.165, 1.54) is 70.6 Å². The number of amides is 1. The third kappa shape index (κ3) is 26.2. The highest BCUT2D eigenvalue weighted by Crippen LogP contribution is 2.43. The zero-order valence-electron chi connectivity index (χ0n) is 25.8. The van der Waals surface area contributed by atoms with Crippen LogP contribution >= 0.6 is 7.82 Å². The van der Waals surface area contributed by atoms with Crippen molar-refractivity contribution in [2.75, 3.05) is 19.8 Å². The Morgan fingerprint density at radius 3 is 1.93 bits per heavy atom. The molecule has 40 heavy (non-hydrogen) atoms. The van der Waals surface area contributed by atoms with Crippen molar-refractivity contribution < 1.29 is 28.4 Å². The lowest BCUT2D eigenvalue weighted by Gasteiger charge is -2.25. The largest absolute Gasteiger partial charge is 0.472 e. The van der Waals surface area contributed by atoms with Crippen molar-refractivity contribution in [3.8, 4) is 0 Å². The molecule has 0 aliphatic carbocycles. The van der Waals surface area contributed by atoms with E-state index in [4.69, 9.17) is 14.8 Å². The zero-order valence-corrected chi connectivity index (χ0v) is 26.7. The standard InChI is InChI=1S/C31H63N2O6P/c1-3-5-7-9-11-13-15-17-19-21-23-25-31(35)33-29(28-39-40(36,37)38-27-26-32)30(34)24-22-20-18-16-14-12-10-8-6-4-2/h9,11,29-30,34H,3-8,10,12-28,32H2,1-2H3,(H,33,35)(H,36,37)/b11-9-. The van der Waals surface area contributed by atoms with Crippen LogP contribution in [0, 0.1) is 0 Å². The van der Waals surface area contributed by atoms with Gasteiger partial charge in [0.15, 0.2) is 0 Å². The summed E-state index contributed by atoms with van der Waals surface area (Å²) >= 11 is 0. The average molecular weight is 591 g/mol. The first kappa shape index (κ1) is 39.2. The number of carbonyl (C=O) groups is 1. The second-order valence-corrected chi connectivity index (χ2v) is 12.5. The van der Waals surface area contributed by atoms with Gasteiger partial charge in [0.1, 0.15) is 0 Å². The number of rotatable bonds is 30. The van der Waals surface area contributed by atoms with E-state index in [1.807, 2.05) is 0 Å². The number of aliphatic hydroxyl groups is 1. The first-order valence-electron chi connectivity index (χ1n) is 16.3. The maximum Gasteiger partial charge on any atom is 0.472 e. The van der Waals surface area contributed by atoms with Gasteiger partial charge in [-0.25, -0.2) is 4.57 Å². The molecule has 0 aromatic heterocycles. The Bertz CT molecular complexity index is 649. The molecule has 0 bridgehead atoms. The van der Waals surface area contributed by atoms with Gasteiger partial charge in [0, 0.05) is 13.0 Å². The number of hydrogen-bond acceptors (Lipinski definition) is 6. The van der Waals surface area contributed by atoms with Crippen LogP contribution in [0.4, 0.5) is 0 Å². The summed E-state index contributed by atoms with van der Waals surface area (Å²) in [5.74, 6) is -0.176. The topological polar surface area (TPSA) is 131 Å². The molecule has 8 nitrogen and oxygen atoms in total. The predicted molar refractivity (Wildman–Crippen MR) is 166 cm³/mol. The van der Waals surface area contributed by atoms with Crippen molar-refractivity contribution in [3.63, 3.8) is 0 Å². The van der Waals surface area contributed by atoms with Gasteiger partial charge >= 0.3 is 7.82 Å². The molecule has 238 valence electrons. The molecule has 0 aromatic rings. The second kappa shape index (κ2) is 28.4. The van der Waals surface area contributed by atoms with Crippen LogP contribution in [-0.4, -0.2) is 47.8 Å². The monoisotopic (exact) mass is 590 g/mol. The number of hydrogen-bond donors (Lipinski definition) is 4. The van der Waals surface area contributed by atoms with Crippen LogP contribution in [0.5, 0.6) is 0 Å². The minimum atomic E-state index is -4.30. The quantitative estimate of drug-likeness (QED) is 0.0383. The van der Waals surface area contributed by atoms with Crippen LogP contribution in [0.1, 0.15) is 149 Å². The van der Waals surface area contributed by atoms with Gasteiger partial charge in [0.05, 0.1) is 25.4 Å². The summed E-state index contributed by atoms with van der Waals surface area (Å²) in [4.78, 5) is 22.4. The van der Waals surface area contributed by atoms with Crippen molar-refractivity contribution >= 4 is 13.7 Å². The Kier molecular flexibility index (Phi) is 27.8. The van der Waals surface area contributed by atoms with E-state index < -0.39 is 20.0 Å². The van der Waals surface area contributed by atoms with Crippen molar-refractivity contribution in [1.82, 2.24) is 5.32 Å². The summed E-state index contributed by atoms with van der Waals surface area (Å²) in [6.07, 6.45) is 26.4. The van der Waals surface area contributed by atoms with Crippen LogP contribution in [0.25, 0.3) is 0 Å². The molecular weight excluding hydrogens is 527 g/mol. The van der Waals surface area contributed by atoms with Gasteiger partial charge < -0.3 is 21.1 Å². The molecule has 0 rings (SSSR count). The van der Waals surface area contributed by atoms with Crippen LogP contribution < -0.4 is 11.1 Å². The fraction of sp³-hybridized carbons (Fsp3) is 0.903. The lowest BCUT2D eigenvalue weighted by atomic mass is 10.0. The first-order valence-corrected chi connectivity index (χ1v) is 17.8. The lowest BCUT2D eigenvalue weighted by Crippen LogP contribution is -2.46. The number of allylic oxidation sites excluding steroid dienone is 2. The summed E-state index contributed by atoms with van der Waals surface area (Å²) in [6, 6.07) is -0.771. The summed E-state index contributed by atoms with van der Waals surface area (Å²) in [6.45, 7) is 4.11. The van der Waals surface area contributed by atoms with Gasteiger partial charge in [-0.2, -0.15) is 0 Å². The van der Waals surface area contributed by atoms with E-state index >= 15 is 0 Å². The molecule has 0 aliphatic heterocycles. The van der Waals surface area contributed by atoms with Crippen LogP contribution in [0.15, 0.2) is 12.2 Å². The summed E-state index contributed by atoms with van der Waals surface area (Å²) in [5.41, 5.74) is 5.33. The highest BCUT2D eigenvalue weighted by molar-refractivity contribution is 7.47. The third-order valence-electron chi connectivity index (χ3n) is 7.12. The van der Waals surface area contributed by atoms with Crippen molar-refractivity contribution in [2.45, 2.75) is 161 Å². The number of phosphoric ester groups is 1. The Balaban J connectivity index is 4.36. The molecule has 5 N–H and O–H groups in total. The average Bonchev–Trinajstić information content (AvgIpc) is 2.93. The van der Waals surface area contributed by atoms with E-state index in [1.54, 1.807) is 0 Å². The number of nitrogens with one attached hydrogen (secondary N) is 1. The second-order valence-electron chi connectivity index (χ2n) is 11.0. The Morgan fingerprint density at radius 2 is 1.32 bits per heavy atom. The molecule has 3 atom stereocenters. The molecule has 0 aromatic carbocycles. The van der Waals surface area contributed by atoms with E-state index in [2.05, 4.69) is 31.3 Å². The van der Waals surface area contributed by atoms with E-state index in [-0.39, 0.29) is 25.7 Å². The molecule has 0 spiro atoms.